The van der Waals surface area contributed by atoms with Gasteiger partial charge in [-0.1, -0.05) is 30.3 Å². The predicted molar refractivity (Wildman–Crippen MR) is 113 cm³/mol. The standard InChI is InChI=1S/C24H27N3O2/c1-18(2)27-16-14-25-23(27)19-9-8-15-26(17-19)24(28)21-12-6-7-13-22(21)29-20-10-4-3-5-11-20/h3-7,10-14,16,18-19H,8-9,15,17H2,1-2H3/t19-/m1/s1. The topological polar surface area (TPSA) is 47.4 Å². The second-order valence-electron chi connectivity index (χ2n) is 7.79. The van der Waals surface area contributed by atoms with Crippen LogP contribution in [0.15, 0.2) is 67.0 Å². The van der Waals surface area contributed by atoms with Crippen LogP contribution in [0.3, 0.4) is 0 Å². The van der Waals surface area contributed by atoms with E-state index in [-0.39, 0.29) is 11.8 Å². The number of likely N-dealkylation sites (tertiary alicyclic amines) is 1. The third-order valence-electron chi connectivity index (χ3n) is 5.42. The van der Waals surface area contributed by atoms with Crippen LogP contribution in [0, 0.1) is 0 Å². The number of amides is 1. The van der Waals surface area contributed by atoms with Gasteiger partial charge in [-0.2, -0.15) is 0 Å². The molecule has 0 spiro atoms. The minimum absolute atomic E-state index is 0.0175. The lowest BCUT2D eigenvalue weighted by molar-refractivity contribution is 0.0700. The van der Waals surface area contributed by atoms with E-state index in [1.165, 1.54) is 0 Å². The van der Waals surface area contributed by atoms with E-state index in [2.05, 4.69) is 23.4 Å². The van der Waals surface area contributed by atoms with Gasteiger partial charge in [-0.15, -0.1) is 0 Å². The van der Waals surface area contributed by atoms with Crippen LogP contribution >= 0.6 is 0 Å². The molecule has 0 N–H and O–H groups in total. The van der Waals surface area contributed by atoms with Crippen molar-refractivity contribution < 1.29 is 9.53 Å². The highest BCUT2D eigenvalue weighted by atomic mass is 16.5. The summed E-state index contributed by atoms with van der Waals surface area (Å²) in [4.78, 5) is 19.9. The van der Waals surface area contributed by atoms with Gasteiger partial charge in [0, 0.05) is 37.4 Å². The second kappa shape index (κ2) is 8.52. The highest BCUT2D eigenvalue weighted by molar-refractivity contribution is 5.97. The Morgan fingerprint density at radius 3 is 2.66 bits per heavy atom. The second-order valence-corrected chi connectivity index (χ2v) is 7.79. The summed E-state index contributed by atoms with van der Waals surface area (Å²) in [5.74, 6) is 2.67. The summed E-state index contributed by atoms with van der Waals surface area (Å²) in [7, 11) is 0. The van der Waals surface area contributed by atoms with Crippen molar-refractivity contribution in [2.75, 3.05) is 13.1 Å². The van der Waals surface area contributed by atoms with Gasteiger partial charge < -0.3 is 14.2 Å². The molecule has 1 fully saturated rings. The summed E-state index contributed by atoms with van der Waals surface area (Å²) < 4.78 is 8.22. The largest absolute Gasteiger partial charge is 0.457 e. The van der Waals surface area contributed by atoms with Crippen LogP contribution in [0.5, 0.6) is 11.5 Å². The third kappa shape index (κ3) is 4.19. The highest BCUT2D eigenvalue weighted by Gasteiger charge is 2.29. The maximum Gasteiger partial charge on any atom is 0.257 e. The molecule has 3 aromatic rings. The fraction of sp³-hybridized carbons (Fsp3) is 0.333. The summed E-state index contributed by atoms with van der Waals surface area (Å²) >= 11 is 0. The lowest BCUT2D eigenvalue weighted by Gasteiger charge is -2.33. The fourth-order valence-electron chi connectivity index (χ4n) is 3.97. The lowest BCUT2D eigenvalue weighted by Crippen LogP contribution is -2.40. The Hall–Kier alpha value is -3.08. The average Bonchev–Trinajstić information content (AvgIpc) is 3.25. The number of carbonyl (C=O) groups excluding carboxylic acids is 1. The predicted octanol–water partition coefficient (Wildman–Crippen LogP) is 5.28. The number of hydrogen-bond acceptors (Lipinski definition) is 3. The number of benzene rings is 2. The molecule has 1 aromatic heterocycles. The maximum atomic E-state index is 13.4. The van der Waals surface area contributed by atoms with Gasteiger partial charge in [0.2, 0.25) is 0 Å². The van der Waals surface area contributed by atoms with Crippen molar-refractivity contribution >= 4 is 5.91 Å². The molecule has 5 nitrogen and oxygen atoms in total. The Kier molecular flexibility index (Phi) is 5.65. The van der Waals surface area contributed by atoms with Crippen molar-refractivity contribution in [3.63, 3.8) is 0 Å². The molecule has 5 heteroatoms. The van der Waals surface area contributed by atoms with E-state index in [0.717, 1.165) is 31.0 Å². The van der Waals surface area contributed by atoms with Crippen molar-refractivity contribution in [3.8, 4) is 11.5 Å². The molecule has 2 aromatic carbocycles. The number of nitrogens with zero attached hydrogens (tertiary/aromatic N) is 3. The molecule has 2 heterocycles. The van der Waals surface area contributed by atoms with Crippen LogP contribution in [0.25, 0.3) is 0 Å². The zero-order valence-electron chi connectivity index (χ0n) is 17.0. The highest BCUT2D eigenvalue weighted by Crippen LogP contribution is 2.31. The van der Waals surface area contributed by atoms with Crippen LogP contribution < -0.4 is 4.74 Å². The van der Waals surface area contributed by atoms with Crippen LogP contribution in [0.2, 0.25) is 0 Å². The van der Waals surface area contributed by atoms with Gasteiger partial charge >= 0.3 is 0 Å². The molecule has 1 aliphatic rings. The number of rotatable bonds is 5. The van der Waals surface area contributed by atoms with E-state index in [4.69, 9.17) is 4.74 Å². The van der Waals surface area contributed by atoms with Crippen LogP contribution in [0.4, 0.5) is 0 Å². The molecule has 0 unspecified atom stereocenters. The van der Waals surface area contributed by atoms with E-state index in [1.54, 1.807) is 0 Å². The SMILES string of the molecule is CC(C)n1ccnc1[C@@H]1CCCN(C(=O)c2ccccc2Oc2ccccc2)C1. The Balaban J connectivity index is 1.55. The first-order chi connectivity index (χ1) is 14.1. The minimum atomic E-state index is 0.0175. The van der Waals surface area contributed by atoms with E-state index in [9.17, 15) is 4.79 Å². The molecule has 0 saturated carbocycles. The zero-order chi connectivity index (χ0) is 20.2. The summed E-state index contributed by atoms with van der Waals surface area (Å²) in [5, 5.41) is 0. The van der Waals surface area contributed by atoms with E-state index < -0.39 is 0 Å². The molecule has 29 heavy (non-hydrogen) atoms. The number of piperidine rings is 1. The van der Waals surface area contributed by atoms with Crippen molar-refractivity contribution in [3.05, 3.63) is 78.4 Å². The van der Waals surface area contributed by atoms with Gasteiger partial charge in [0.05, 0.1) is 5.56 Å². The molecule has 0 aliphatic carbocycles. The summed E-state index contributed by atoms with van der Waals surface area (Å²) in [5.41, 5.74) is 0.601. The summed E-state index contributed by atoms with van der Waals surface area (Å²) in [6, 6.07) is 17.4. The first-order valence-electron chi connectivity index (χ1n) is 10.3. The number of hydrogen-bond donors (Lipinski definition) is 0. The number of imidazole rings is 1. The minimum Gasteiger partial charge on any atom is -0.457 e. The first-order valence-corrected chi connectivity index (χ1v) is 10.3. The van der Waals surface area contributed by atoms with Gasteiger partial charge in [-0.25, -0.2) is 4.98 Å². The normalized spacial score (nSPS) is 16.8. The maximum absolute atomic E-state index is 13.4. The summed E-state index contributed by atoms with van der Waals surface area (Å²) in [6.45, 7) is 5.77. The first kappa shape index (κ1) is 19.2. The number of aromatic nitrogens is 2. The van der Waals surface area contributed by atoms with Crippen molar-refractivity contribution in [2.45, 2.75) is 38.6 Å². The Morgan fingerprint density at radius 1 is 1.10 bits per heavy atom. The van der Waals surface area contributed by atoms with Gasteiger partial charge in [0.1, 0.15) is 17.3 Å². The Labute approximate surface area is 171 Å². The molecule has 150 valence electrons. The monoisotopic (exact) mass is 389 g/mol. The molecule has 1 amide bonds. The van der Waals surface area contributed by atoms with Gasteiger partial charge in [-0.3, -0.25) is 4.79 Å². The number of carbonyl (C=O) groups is 1. The quantitative estimate of drug-likeness (QED) is 0.597. The van der Waals surface area contributed by atoms with E-state index >= 15 is 0 Å². The molecule has 0 radical (unpaired) electrons. The average molecular weight is 389 g/mol. The molecule has 0 bridgehead atoms. The van der Waals surface area contributed by atoms with E-state index in [0.29, 0.717) is 23.9 Å². The summed E-state index contributed by atoms with van der Waals surface area (Å²) in [6.07, 6.45) is 5.92. The molecule has 1 saturated heterocycles. The lowest BCUT2D eigenvalue weighted by atomic mass is 9.96. The van der Waals surface area contributed by atoms with Gasteiger partial charge in [0.25, 0.3) is 5.91 Å². The molecular weight excluding hydrogens is 362 g/mol. The third-order valence-corrected chi connectivity index (χ3v) is 5.42. The van der Waals surface area contributed by atoms with Crippen LogP contribution in [-0.4, -0.2) is 33.4 Å². The van der Waals surface area contributed by atoms with Gasteiger partial charge in [0.15, 0.2) is 0 Å². The molecular formula is C24H27N3O2. The van der Waals surface area contributed by atoms with Gasteiger partial charge in [-0.05, 0) is 51.0 Å². The van der Waals surface area contributed by atoms with Crippen LogP contribution in [0.1, 0.15) is 54.8 Å². The smallest absolute Gasteiger partial charge is 0.257 e. The number of para-hydroxylation sites is 2. The Bertz CT molecular complexity index is 965. The molecule has 1 atom stereocenters. The molecule has 4 rings (SSSR count). The fourth-order valence-corrected chi connectivity index (χ4v) is 3.97. The van der Waals surface area contributed by atoms with E-state index in [1.807, 2.05) is 71.9 Å². The number of ether oxygens (including phenoxy) is 1. The van der Waals surface area contributed by atoms with Crippen molar-refractivity contribution in [1.82, 2.24) is 14.5 Å². The van der Waals surface area contributed by atoms with Crippen molar-refractivity contribution in [2.24, 2.45) is 0 Å². The van der Waals surface area contributed by atoms with Crippen LogP contribution in [-0.2, 0) is 0 Å². The molecule has 1 aliphatic heterocycles. The zero-order valence-corrected chi connectivity index (χ0v) is 17.0. The van der Waals surface area contributed by atoms with Crippen molar-refractivity contribution in [1.29, 1.82) is 0 Å². The Morgan fingerprint density at radius 2 is 1.86 bits per heavy atom.